The first kappa shape index (κ1) is 14.2. The maximum atomic E-state index is 4.26. The van der Waals surface area contributed by atoms with Crippen molar-refractivity contribution in [2.75, 3.05) is 0 Å². The molecule has 1 rings (SSSR count). The normalized spacial score (nSPS) is 13.3. The molecule has 0 saturated carbocycles. The first-order chi connectivity index (χ1) is 8.00. The molecule has 0 aromatic carbocycles. The Hall–Kier alpha value is -0.830. The fraction of sp³-hybridized carbons (Fsp3) is 0.786. The van der Waals surface area contributed by atoms with Gasteiger partial charge in [-0.1, -0.05) is 26.7 Å². The van der Waals surface area contributed by atoms with Gasteiger partial charge in [0.15, 0.2) is 0 Å². The van der Waals surface area contributed by atoms with Crippen molar-refractivity contribution >= 4 is 0 Å². The summed E-state index contributed by atoms with van der Waals surface area (Å²) in [6.07, 6.45) is 5.87. The number of nitrogens with zero attached hydrogens (tertiary/aromatic N) is 2. The molecular formula is C14H27N3. The highest BCUT2D eigenvalue weighted by Gasteiger charge is 2.06. The minimum absolute atomic E-state index is 0.591. The molecule has 3 heteroatoms. The van der Waals surface area contributed by atoms with Crippen molar-refractivity contribution < 1.29 is 0 Å². The molecule has 1 heterocycles. The Labute approximate surface area is 106 Å². The smallest absolute Gasteiger partial charge is 0.0537 e. The van der Waals surface area contributed by atoms with E-state index in [1.54, 1.807) is 0 Å². The Bertz CT molecular complexity index is 328. The monoisotopic (exact) mass is 237 g/mol. The van der Waals surface area contributed by atoms with Crippen LogP contribution in [0.3, 0.4) is 0 Å². The first-order valence-electron chi connectivity index (χ1n) is 6.71. The summed E-state index contributed by atoms with van der Waals surface area (Å²) < 4.78 is 1.93. The third-order valence-corrected chi connectivity index (χ3v) is 3.40. The summed E-state index contributed by atoms with van der Waals surface area (Å²) in [5.74, 6) is 0.822. The highest BCUT2D eigenvalue weighted by atomic mass is 15.3. The van der Waals surface area contributed by atoms with Crippen LogP contribution in [-0.4, -0.2) is 15.8 Å². The predicted octanol–water partition coefficient (Wildman–Crippen LogP) is 3.03. The van der Waals surface area contributed by atoms with E-state index in [1.807, 2.05) is 17.9 Å². The Morgan fingerprint density at radius 2 is 2.00 bits per heavy atom. The van der Waals surface area contributed by atoms with Crippen molar-refractivity contribution in [3.63, 3.8) is 0 Å². The lowest BCUT2D eigenvalue weighted by Gasteiger charge is -2.14. The maximum absolute atomic E-state index is 4.26. The summed E-state index contributed by atoms with van der Waals surface area (Å²) in [5, 5.41) is 7.83. The van der Waals surface area contributed by atoms with Gasteiger partial charge < -0.3 is 5.32 Å². The molecule has 0 aliphatic rings. The van der Waals surface area contributed by atoms with Crippen molar-refractivity contribution in [2.45, 2.75) is 59.5 Å². The predicted molar refractivity (Wildman–Crippen MR) is 72.9 cm³/mol. The molecule has 1 N–H and O–H groups in total. The Morgan fingerprint density at radius 3 is 2.53 bits per heavy atom. The largest absolute Gasteiger partial charge is 0.310 e. The van der Waals surface area contributed by atoms with Crippen LogP contribution in [0.1, 0.15) is 51.3 Å². The highest BCUT2D eigenvalue weighted by molar-refractivity contribution is 5.15. The van der Waals surface area contributed by atoms with Crippen molar-refractivity contribution in [2.24, 2.45) is 13.0 Å². The number of rotatable bonds is 7. The third-order valence-electron chi connectivity index (χ3n) is 3.40. The van der Waals surface area contributed by atoms with E-state index in [9.17, 15) is 0 Å². The fourth-order valence-corrected chi connectivity index (χ4v) is 1.94. The number of aromatic nitrogens is 2. The molecular weight excluding hydrogens is 210 g/mol. The quantitative estimate of drug-likeness (QED) is 0.790. The minimum Gasteiger partial charge on any atom is -0.310 e. The van der Waals surface area contributed by atoms with E-state index in [0.29, 0.717) is 6.04 Å². The SMILES string of the molecule is Cc1c(CNC(C)CCCC(C)C)cnn1C. The van der Waals surface area contributed by atoms with E-state index in [0.717, 1.165) is 12.5 Å². The molecule has 0 spiro atoms. The topological polar surface area (TPSA) is 29.9 Å². The molecule has 1 aromatic rings. The average Bonchev–Trinajstić information content (AvgIpc) is 2.57. The number of hydrogen-bond donors (Lipinski definition) is 1. The van der Waals surface area contributed by atoms with E-state index < -0.39 is 0 Å². The molecule has 0 fully saturated rings. The van der Waals surface area contributed by atoms with Gasteiger partial charge in [-0.3, -0.25) is 4.68 Å². The lowest BCUT2D eigenvalue weighted by Crippen LogP contribution is -2.25. The fourth-order valence-electron chi connectivity index (χ4n) is 1.94. The van der Waals surface area contributed by atoms with E-state index in [4.69, 9.17) is 0 Å². The van der Waals surface area contributed by atoms with Crippen LogP contribution in [0, 0.1) is 12.8 Å². The van der Waals surface area contributed by atoms with E-state index >= 15 is 0 Å². The minimum atomic E-state index is 0.591. The molecule has 1 aromatic heterocycles. The molecule has 0 amide bonds. The highest BCUT2D eigenvalue weighted by Crippen LogP contribution is 2.10. The molecule has 0 aliphatic carbocycles. The van der Waals surface area contributed by atoms with E-state index in [-0.39, 0.29) is 0 Å². The molecule has 0 bridgehead atoms. The summed E-state index contributed by atoms with van der Waals surface area (Å²) in [6, 6.07) is 0.591. The Morgan fingerprint density at radius 1 is 1.29 bits per heavy atom. The van der Waals surface area contributed by atoms with Gasteiger partial charge in [0.25, 0.3) is 0 Å². The van der Waals surface area contributed by atoms with Crippen LogP contribution in [0.2, 0.25) is 0 Å². The summed E-state index contributed by atoms with van der Waals surface area (Å²) in [5.41, 5.74) is 2.56. The van der Waals surface area contributed by atoms with Crippen LogP contribution in [0.15, 0.2) is 6.20 Å². The number of aryl methyl sites for hydroxylation is 1. The molecule has 0 saturated heterocycles. The van der Waals surface area contributed by atoms with Crippen molar-refractivity contribution in [1.82, 2.24) is 15.1 Å². The lowest BCUT2D eigenvalue weighted by molar-refractivity contribution is 0.456. The average molecular weight is 237 g/mol. The van der Waals surface area contributed by atoms with Crippen LogP contribution < -0.4 is 5.32 Å². The number of hydrogen-bond acceptors (Lipinski definition) is 2. The van der Waals surface area contributed by atoms with Crippen molar-refractivity contribution in [3.05, 3.63) is 17.5 Å². The molecule has 3 nitrogen and oxygen atoms in total. The first-order valence-corrected chi connectivity index (χ1v) is 6.71. The summed E-state index contributed by atoms with van der Waals surface area (Å²) in [6.45, 7) is 9.90. The van der Waals surface area contributed by atoms with Crippen LogP contribution in [0.5, 0.6) is 0 Å². The second-order valence-corrected chi connectivity index (χ2v) is 5.49. The van der Waals surface area contributed by atoms with Crippen molar-refractivity contribution in [3.8, 4) is 0 Å². The Balaban J connectivity index is 2.24. The molecule has 0 aliphatic heterocycles. The Kier molecular flexibility index (Phi) is 5.69. The van der Waals surface area contributed by atoms with Gasteiger partial charge in [0, 0.05) is 30.9 Å². The van der Waals surface area contributed by atoms with Gasteiger partial charge in [-0.2, -0.15) is 5.10 Å². The van der Waals surface area contributed by atoms with E-state index in [2.05, 4.69) is 38.1 Å². The van der Waals surface area contributed by atoms with Gasteiger partial charge in [0.2, 0.25) is 0 Å². The van der Waals surface area contributed by atoms with Crippen LogP contribution >= 0.6 is 0 Å². The van der Waals surface area contributed by atoms with Crippen LogP contribution in [0.25, 0.3) is 0 Å². The maximum Gasteiger partial charge on any atom is 0.0537 e. The second-order valence-electron chi connectivity index (χ2n) is 5.49. The molecule has 1 unspecified atom stereocenters. The van der Waals surface area contributed by atoms with Gasteiger partial charge in [-0.25, -0.2) is 0 Å². The molecule has 17 heavy (non-hydrogen) atoms. The molecule has 98 valence electrons. The second kappa shape index (κ2) is 6.80. The van der Waals surface area contributed by atoms with Gasteiger partial charge in [0.1, 0.15) is 0 Å². The zero-order chi connectivity index (χ0) is 12.8. The van der Waals surface area contributed by atoms with Crippen LogP contribution in [0.4, 0.5) is 0 Å². The zero-order valence-electron chi connectivity index (χ0n) is 12.0. The van der Waals surface area contributed by atoms with Crippen LogP contribution in [-0.2, 0) is 13.6 Å². The summed E-state index contributed by atoms with van der Waals surface area (Å²) >= 11 is 0. The van der Waals surface area contributed by atoms with Gasteiger partial charge >= 0.3 is 0 Å². The zero-order valence-corrected chi connectivity index (χ0v) is 12.0. The van der Waals surface area contributed by atoms with Gasteiger partial charge in [-0.15, -0.1) is 0 Å². The standard InChI is InChI=1S/C14H27N3/c1-11(2)7-6-8-12(3)15-9-14-10-16-17(5)13(14)4/h10-12,15H,6-9H2,1-5H3. The summed E-state index contributed by atoms with van der Waals surface area (Å²) in [4.78, 5) is 0. The lowest BCUT2D eigenvalue weighted by atomic mass is 10.0. The third kappa shape index (κ3) is 4.90. The van der Waals surface area contributed by atoms with Gasteiger partial charge in [0.05, 0.1) is 6.20 Å². The van der Waals surface area contributed by atoms with Crippen molar-refractivity contribution in [1.29, 1.82) is 0 Å². The molecule has 1 atom stereocenters. The number of nitrogens with one attached hydrogen (secondary N) is 1. The van der Waals surface area contributed by atoms with E-state index in [1.165, 1.54) is 30.5 Å². The van der Waals surface area contributed by atoms with Gasteiger partial charge in [-0.05, 0) is 26.2 Å². The summed E-state index contributed by atoms with van der Waals surface area (Å²) in [7, 11) is 1.99. The molecule has 0 radical (unpaired) electrons.